The molecule has 2 fully saturated rings. The van der Waals surface area contributed by atoms with E-state index in [1.807, 2.05) is 10.8 Å². The van der Waals surface area contributed by atoms with E-state index in [9.17, 15) is 22.0 Å². The number of piperidine rings is 1. The van der Waals surface area contributed by atoms with Crippen LogP contribution in [0.15, 0.2) is 30.3 Å². The maximum Gasteiger partial charge on any atom is 0.267 e. The Morgan fingerprint density at radius 2 is 1.77 bits per heavy atom. The highest BCUT2D eigenvalue weighted by atomic mass is 32.2. The van der Waals surface area contributed by atoms with Crippen LogP contribution in [0.4, 0.5) is 8.78 Å². The summed E-state index contributed by atoms with van der Waals surface area (Å²) in [5.74, 6) is -1.04. The average molecular weight is 509 g/mol. The highest BCUT2D eigenvalue weighted by Gasteiger charge is 2.30. The van der Waals surface area contributed by atoms with Gasteiger partial charge in [-0.25, -0.2) is 21.9 Å². The molecule has 1 aliphatic heterocycles. The van der Waals surface area contributed by atoms with Gasteiger partial charge in [0.05, 0.1) is 25.5 Å². The second-order valence-electron chi connectivity index (χ2n) is 9.35. The minimum atomic E-state index is -3.80. The predicted octanol–water partition coefficient (Wildman–Crippen LogP) is 3.83. The van der Waals surface area contributed by atoms with Crippen molar-refractivity contribution in [3.8, 4) is 11.5 Å². The molecule has 1 amide bonds. The van der Waals surface area contributed by atoms with Crippen LogP contribution in [-0.2, 0) is 16.6 Å². The summed E-state index contributed by atoms with van der Waals surface area (Å²) in [6.07, 6.45) is 4.48. The number of ether oxygens (including phenoxy) is 2. The molecule has 1 aliphatic carbocycles. The third-order valence-electron chi connectivity index (χ3n) is 6.44. The predicted molar refractivity (Wildman–Crippen MR) is 127 cm³/mol. The van der Waals surface area contributed by atoms with Crippen LogP contribution < -0.4 is 14.2 Å². The molecule has 0 aromatic heterocycles. The highest BCUT2D eigenvalue weighted by molar-refractivity contribution is 7.89. The van der Waals surface area contributed by atoms with Gasteiger partial charge in [-0.2, -0.15) is 0 Å². The van der Waals surface area contributed by atoms with Gasteiger partial charge in [0.1, 0.15) is 11.6 Å². The van der Waals surface area contributed by atoms with Crippen LogP contribution in [-0.4, -0.2) is 52.3 Å². The van der Waals surface area contributed by atoms with Crippen molar-refractivity contribution in [2.75, 3.05) is 33.1 Å². The Labute approximate surface area is 204 Å². The second kappa shape index (κ2) is 10.5. The van der Waals surface area contributed by atoms with E-state index in [4.69, 9.17) is 9.47 Å². The lowest BCUT2D eigenvalue weighted by molar-refractivity contribution is 0.0977. The highest BCUT2D eigenvalue weighted by Crippen LogP contribution is 2.45. The molecule has 1 saturated heterocycles. The van der Waals surface area contributed by atoms with Gasteiger partial charge in [-0.3, -0.25) is 9.69 Å². The Morgan fingerprint density at radius 3 is 2.37 bits per heavy atom. The Bertz CT molecular complexity index is 1190. The summed E-state index contributed by atoms with van der Waals surface area (Å²) < 4.78 is 64.2. The number of likely N-dealkylation sites (tertiary alicyclic amines) is 1. The zero-order valence-electron chi connectivity index (χ0n) is 19.9. The number of amides is 1. The molecular formula is C25H30F2N2O5S. The summed E-state index contributed by atoms with van der Waals surface area (Å²) in [6.45, 7) is 2.77. The van der Waals surface area contributed by atoms with Gasteiger partial charge in [-0.05, 0) is 79.9 Å². The molecule has 0 bridgehead atoms. The minimum absolute atomic E-state index is 0.183. The molecule has 1 saturated carbocycles. The summed E-state index contributed by atoms with van der Waals surface area (Å²) in [6, 6.07) is 7.61. The van der Waals surface area contributed by atoms with Gasteiger partial charge in [0.2, 0.25) is 10.0 Å². The van der Waals surface area contributed by atoms with Crippen LogP contribution >= 0.6 is 0 Å². The standard InChI is InChI=1S/C25H30F2N2O5S/c1-33-23-6-3-17(11-22(23)27)14-29-9-7-16(8-10-29)15-34-24-13-21(26)20(12-19(24)18-4-5-18)25(30)28-35(2,31)32/h3,6,11-13,16,18H,4-5,7-10,14-15H2,1-2H3,(H,28,30). The number of sulfonamides is 1. The molecule has 2 aliphatic rings. The minimum Gasteiger partial charge on any atom is -0.494 e. The van der Waals surface area contributed by atoms with Gasteiger partial charge in [0.15, 0.2) is 11.6 Å². The lowest BCUT2D eigenvalue weighted by Crippen LogP contribution is -2.35. The maximum absolute atomic E-state index is 14.7. The van der Waals surface area contributed by atoms with Crippen LogP contribution in [0.1, 0.15) is 53.1 Å². The van der Waals surface area contributed by atoms with Crippen LogP contribution in [0.2, 0.25) is 0 Å². The normalized spacial score (nSPS) is 17.3. The first-order valence-corrected chi connectivity index (χ1v) is 13.5. The topological polar surface area (TPSA) is 84.9 Å². The van der Waals surface area contributed by atoms with Crippen molar-refractivity contribution in [3.05, 3.63) is 58.7 Å². The van der Waals surface area contributed by atoms with Crippen LogP contribution in [0.25, 0.3) is 0 Å². The fourth-order valence-electron chi connectivity index (χ4n) is 4.39. The van der Waals surface area contributed by atoms with Crippen molar-refractivity contribution in [1.82, 2.24) is 9.62 Å². The molecule has 1 heterocycles. The van der Waals surface area contributed by atoms with Gasteiger partial charge >= 0.3 is 0 Å². The van der Waals surface area contributed by atoms with E-state index in [1.165, 1.54) is 25.3 Å². The summed E-state index contributed by atoms with van der Waals surface area (Å²) in [4.78, 5) is 14.5. The number of hydrogen-bond donors (Lipinski definition) is 1. The van der Waals surface area contributed by atoms with Gasteiger partial charge in [0.25, 0.3) is 5.91 Å². The molecule has 2 aromatic carbocycles. The number of hydrogen-bond acceptors (Lipinski definition) is 6. The zero-order valence-corrected chi connectivity index (χ0v) is 20.7. The summed E-state index contributed by atoms with van der Waals surface area (Å²) >= 11 is 0. The summed E-state index contributed by atoms with van der Waals surface area (Å²) in [5, 5.41) is 0. The number of nitrogens with one attached hydrogen (secondary N) is 1. The number of halogens is 2. The Hall–Kier alpha value is -2.72. The molecule has 0 radical (unpaired) electrons. The third kappa shape index (κ3) is 6.70. The number of rotatable bonds is 9. The molecule has 7 nitrogen and oxygen atoms in total. The fraction of sp³-hybridized carbons (Fsp3) is 0.480. The fourth-order valence-corrected chi connectivity index (χ4v) is 4.84. The van der Waals surface area contributed by atoms with Crippen molar-refractivity contribution in [2.24, 2.45) is 5.92 Å². The van der Waals surface area contributed by atoms with Crippen molar-refractivity contribution < 1.29 is 31.5 Å². The largest absolute Gasteiger partial charge is 0.494 e. The Morgan fingerprint density at radius 1 is 1.06 bits per heavy atom. The molecule has 4 rings (SSSR count). The van der Waals surface area contributed by atoms with E-state index in [0.29, 0.717) is 24.8 Å². The molecule has 190 valence electrons. The quantitative estimate of drug-likeness (QED) is 0.554. The SMILES string of the molecule is COc1ccc(CN2CCC(COc3cc(F)c(C(=O)NS(C)(=O)=O)cc3C3CC3)CC2)cc1F. The van der Waals surface area contributed by atoms with E-state index in [1.54, 1.807) is 6.07 Å². The molecule has 0 atom stereocenters. The Kier molecular flexibility index (Phi) is 7.61. The van der Waals surface area contributed by atoms with Gasteiger partial charge in [0, 0.05) is 12.6 Å². The lowest BCUT2D eigenvalue weighted by atomic mass is 9.97. The maximum atomic E-state index is 14.7. The van der Waals surface area contributed by atoms with Crippen LogP contribution in [0.3, 0.4) is 0 Å². The average Bonchev–Trinajstić information content (AvgIpc) is 3.63. The van der Waals surface area contributed by atoms with Crippen molar-refractivity contribution in [2.45, 2.75) is 38.1 Å². The monoisotopic (exact) mass is 508 g/mol. The van der Waals surface area contributed by atoms with Crippen LogP contribution in [0.5, 0.6) is 11.5 Å². The van der Waals surface area contributed by atoms with Crippen molar-refractivity contribution in [3.63, 3.8) is 0 Å². The smallest absolute Gasteiger partial charge is 0.267 e. The molecule has 35 heavy (non-hydrogen) atoms. The number of carbonyl (C=O) groups excluding carboxylic acids is 1. The molecule has 2 aromatic rings. The first-order valence-electron chi connectivity index (χ1n) is 11.7. The van der Waals surface area contributed by atoms with Gasteiger partial charge in [-0.15, -0.1) is 0 Å². The zero-order chi connectivity index (χ0) is 25.2. The van der Waals surface area contributed by atoms with E-state index < -0.39 is 21.7 Å². The number of nitrogens with zero attached hydrogens (tertiary/aromatic N) is 1. The first kappa shape index (κ1) is 25.4. The lowest BCUT2D eigenvalue weighted by Gasteiger charge is -2.32. The first-order chi connectivity index (χ1) is 16.6. The van der Waals surface area contributed by atoms with Crippen molar-refractivity contribution in [1.29, 1.82) is 0 Å². The van der Waals surface area contributed by atoms with Gasteiger partial charge < -0.3 is 9.47 Å². The van der Waals surface area contributed by atoms with Gasteiger partial charge in [-0.1, -0.05) is 6.07 Å². The Balaban J connectivity index is 1.34. The van der Waals surface area contributed by atoms with E-state index in [0.717, 1.165) is 56.2 Å². The molecular weight excluding hydrogens is 478 g/mol. The van der Waals surface area contributed by atoms with Crippen molar-refractivity contribution >= 4 is 15.9 Å². The molecule has 0 unspecified atom stereocenters. The summed E-state index contributed by atoms with van der Waals surface area (Å²) in [5.41, 5.74) is 1.33. The number of carbonyl (C=O) groups is 1. The van der Waals surface area contributed by atoms with E-state index in [2.05, 4.69) is 4.90 Å². The molecule has 1 N–H and O–H groups in total. The number of benzene rings is 2. The molecule has 0 spiro atoms. The third-order valence-corrected chi connectivity index (χ3v) is 7.00. The van der Waals surface area contributed by atoms with Crippen LogP contribution in [0, 0.1) is 17.6 Å². The summed E-state index contributed by atoms with van der Waals surface area (Å²) in [7, 11) is -2.35. The molecule has 10 heteroatoms. The number of methoxy groups -OCH3 is 1. The van der Waals surface area contributed by atoms with E-state index >= 15 is 0 Å². The second-order valence-corrected chi connectivity index (χ2v) is 11.1. The van der Waals surface area contributed by atoms with E-state index in [-0.39, 0.29) is 23.0 Å².